The fraction of sp³-hybridized carbons (Fsp3) is 0.231. The van der Waals surface area contributed by atoms with Crippen molar-refractivity contribution in [2.45, 2.75) is 20.1 Å². The third-order valence-corrected chi connectivity index (χ3v) is 1.96. The second-order valence-corrected chi connectivity index (χ2v) is 3.61. The molecule has 1 atom stereocenters. The summed E-state index contributed by atoms with van der Waals surface area (Å²) in [6.45, 7) is 9.88. The quantitative estimate of drug-likeness (QED) is 0.455. The van der Waals surface area contributed by atoms with Crippen LogP contribution >= 0.6 is 0 Å². The molecule has 0 bridgehead atoms. The van der Waals surface area contributed by atoms with Gasteiger partial charge in [-0.05, 0) is 19.1 Å². The van der Waals surface area contributed by atoms with E-state index in [1.165, 1.54) is 20.1 Å². The summed E-state index contributed by atoms with van der Waals surface area (Å²) >= 11 is 0. The molecule has 1 aromatic rings. The SMILES string of the molecule is C=C(C)C(=O)OC(C)OC(=O)C(=C)c1ccco1. The first-order valence-corrected chi connectivity index (χ1v) is 5.22. The van der Waals surface area contributed by atoms with Crippen LogP contribution in [0.4, 0.5) is 0 Å². The summed E-state index contributed by atoms with van der Waals surface area (Å²) < 4.78 is 14.7. The third kappa shape index (κ3) is 3.62. The molecule has 1 unspecified atom stereocenters. The number of hydrogen-bond donors (Lipinski definition) is 0. The molecule has 0 N–H and O–H groups in total. The summed E-state index contributed by atoms with van der Waals surface area (Å²) in [6.07, 6.45) is 0.395. The molecule has 0 spiro atoms. The molecule has 0 saturated carbocycles. The van der Waals surface area contributed by atoms with E-state index in [1.807, 2.05) is 0 Å². The smallest absolute Gasteiger partial charge is 0.344 e. The molecule has 0 radical (unpaired) electrons. The van der Waals surface area contributed by atoms with E-state index in [4.69, 9.17) is 13.9 Å². The van der Waals surface area contributed by atoms with Gasteiger partial charge in [0.1, 0.15) is 5.76 Å². The number of carbonyl (C=O) groups excluding carboxylic acids is 2. The van der Waals surface area contributed by atoms with Crippen molar-refractivity contribution in [1.29, 1.82) is 0 Å². The molecule has 1 heterocycles. The molecule has 0 aliphatic heterocycles. The maximum absolute atomic E-state index is 11.6. The zero-order valence-electron chi connectivity index (χ0n) is 10.3. The average Bonchev–Trinajstić information content (AvgIpc) is 2.80. The van der Waals surface area contributed by atoms with Gasteiger partial charge in [-0.2, -0.15) is 0 Å². The van der Waals surface area contributed by atoms with E-state index in [0.29, 0.717) is 5.76 Å². The lowest BCUT2D eigenvalue weighted by molar-refractivity contribution is -0.177. The van der Waals surface area contributed by atoms with Gasteiger partial charge in [-0.25, -0.2) is 9.59 Å². The van der Waals surface area contributed by atoms with E-state index in [0.717, 1.165) is 0 Å². The normalized spacial score (nSPS) is 11.4. The maximum atomic E-state index is 11.6. The summed E-state index contributed by atoms with van der Waals surface area (Å²) in [6, 6.07) is 3.20. The van der Waals surface area contributed by atoms with Gasteiger partial charge in [0.2, 0.25) is 6.29 Å². The average molecular weight is 250 g/mol. The van der Waals surface area contributed by atoms with Gasteiger partial charge >= 0.3 is 11.9 Å². The van der Waals surface area contributed by atoms with E-state index in [9.17, 15) is 9.59 Å². The Hall–Kier alpha value is -2.30. The highest BCUT2D eigenvalue weighted by molar-refractivity contribution is 6.14. The van der Waals surface area contributed by atoms with Gasteiger partial charge in [-0.3, -0.25) is 0 Å². The van der Waals surface area contributed by atoms with Gasteiger partial charge < -0.3 is 13.9 Å². The minimum Gasteiger partial charge on any atom is -0.464 e. The predicted octanol–water partition coefficient (Wildman–Crippen LogP) is 2.30. The molecule has 96 valence electrons. The lowest BCUT2D eigenvalue weighted by atomic mass is 10.2. The standard InChI is InChI=1S/C13H14O5/c1-8(2)12(14)17-10(4)18-13(15)9(3)11-6-5-7-16-11/h5-7,10H,1,3H2,2,4H3. The molecule has 5 heteroatoms. The van der Waals surface area contributed by atoms with Crippen molar-refractivity contribution in [1.82, 2.24) is 0 Å². The molecular formula is C13H14O5. The molecule has 18 heavy (non-hydrogen) atoms. The Labute approximate surface area is 105 Å². The van der Waals surface area contributed by atoms with Crippen LogP contribution in [0.15, 0.2) is 41.5 Å². The van der Waals surface area contributed by atoms with Crippen molar-refractivity contribution in [3.05, 3.63) is 42.9 Å². The van der Waals surface area contributed by atoms with Crippen molar-refractivity contribution in [2.24, 2.45) is 0 Å². The number of ether oxygens (including phenoxy) is 2. The van der Waals surface area contributed by atoms with Crippen LogP contribution in [0.25, 0.3) is 5.57 Å². The summed E-state index contributed by atoms with van der Waals surface area (Å²) in [4.78, 5) is 22.8. The first-order valence-electron chi connectivity index (χ1n) is 5.22. The second kappa shape index (κ2) is 5.86. The minimum atomic E-state index is -1.02. The van der Waals surface area contributed by atoms with E-state index < -0.39 is 18.2 Å². The van der Waals surface area contributed by atoms with Crippen LogP contribution in [0.1, 0.15) is 19.6 Å². The number of esters is 2. The minimum absolute atomic E-state index is 0.0539. The Balaban J connectivity index is 2.52. The molecule has 1 aromatic heterocycles. The van der Waals surface area contributed by atoms with Gasteiger partial charge in [0.05, 0.1) is 11.8 Å². The summed E-state index contributed by atoms with van der Waals surface area (Å²) in [5, 5.41) is 0. The monoisotopic (exact) mass is 250 g/mol. The van der Waals surface area contributed by atoms with Crippen LogP contribution in [0.5, 0.6) is 0 Å². The first kappa shape index (κ1) is 13.8. The van der Waals surface area contributed by atoms with Crippen LogP contribution < -0.4 is 0 Å². The lowest BCUT2D eigenvalue weighted by Gasteiger charge is -2.14. The predicted molar refractivity (Wildman–Crippen MR) is 64.2 cm³/mol. The van der Waals surface area contributed by atoms with Crippen LogP contribution in [0.2, 0.25) is 0 Å². The third-order valence-electron chi connectivity index (χ3n) is 1.96. The largest absolute Gasteiger partial charge is 0.464 e. The van der Waals surface area contributed by atoms with Crippen LogP contribution in [-0.2, 0) is 19.1 Å². The topological polar surface area (TPSA) is 65.7 Å². The molecule has 5 nitrogen and oxygen atoms in total. The fourth-order valence-electron chi connectivity index (χ4n) is 1.05. The molecule has 0 aliphatic carbocycles. The first-order chi connectivity index (χ1) is 8.41. The van der Waals surface area contributed by atoms with Crippen LogP contribution in [0.3, 0.4) is 0 Å². The Morgan fingerprint density at radius 2 is 1.89 bits per heavy atom. The molecule has 0 fully saturated rings. The van der Waals surface area contributed by atoms with E-state index in [2.05, 4.69) is 13.2 Å². The van der Waals surface area contributed by atoms with Gasteiger partial charge in [0, 0.05) is 12.5 Å². The molecule has 0 aromatic carbocycles. The second-order valence-electron chi connectivity index (χ2n) is 3.61. The molecule has 0 saturated heterocycles. The molecule has 1 rings (SSSR count). The molecule has 0 amide bonds. The van der Waals surface area contributed by atoms with Gasteiger partial charge in [0.15, 0.2) is 0 Å². The highest BCUT2D eigenvalue weighted by atomic mass is 16.7. The van der Waals surface area contributed by atoms with Crippen LogP contribution in [0, 0.1) is 0 Å². The van der Waals surface area contributed by atoms with E-state index in [-0.39, 0.29) is 11.1 Å². The van der Waals surface area contributed by atoms with Crippen molar-refractivity contribution >= 4 is 17.5 Å². The maximum Gasteiger partial charge on any atom is 0.344 e. The Morgan fingerprint density at radius 3 is 2.39 bits per heavy atom. The van der Waals surface area contributed by atoms with Crippen molar-refractivity contribution < 1.29 is 23.5 Å². The number of hydrogen-bond acceptors (Lipinski definition) is 5. The Morgan fingerprint density at radius 1 is 1.28 bits per heavy atom. The van der Waals surface area contributed by atoms with Gasteiger partial charge in [0.25, 0.3) is 0 Å². The number of rotatable bonds is 5. The van der Waals surface area contributed by atoms with E-state index in [1.54, 1.807) is 12.1 Å². The molecule has 0 aliphatic rings. The van der Waals surface area contributed by atoms with E-state index >= 15 is 0 Å². The summed E-state index contributed by atoms with van der Waals surface area (Å²) in [7, 11) is 0. The highest BCUT2D eigenvalue weighted by Gasteiger charge is 2.19. The number of furan rings is 1. The highest BCUT2D eigenvalue weighted by Crippen LogP contribution is 2.15. The zero-order valence-corrected chi connectivity index (χ0v) is 10.3. The van der Waals surface area contributed by atoms with Crippen molar-refractivity contribution in [3.63, 3.8) is 0 Å². The van der Waals surface area contributed by atoms with Crippen molar-refractivity contribution in [3.8, 4) is 0 Å². The fourth-order valence-corrected chi connectivity index (χ4v) is 1.05. The van der Waals surface area contributed by atoms with Crippen LogP contribution in [-0.4, -0.2) is 18.2 Å². The Kier molecular flexibility index (Phi) is 4.48. The molecular weight excluding hydrogens is 236 g/mol. The summed E-state index contributed by atoms with van der Waals surface area (Å²) in [5.74, 6) is -1.04. The van der Waals surface area contributed by atoms with Gasteiger partial charge in [-0.15, -0.1) is 0 Å². The lowest BCUT2D eigenvalue weighted by Crippen LogP contribution is -2.22. The number of carbonyl (C=O) groups is 2. The van der Waals surface area contributed by atoms with Crippen molar-refractivity contribution in [2.75, 3.05) is 0 Å². The summed E-state index contributed by atoms with van der Waals surface area (Å²) in [5.41, 5.74) is 0.279. The Bertz CT molecular complexity index is 470. The van der Waals surface area contributed by atoms with Gasteiger partial charge in [-0.1, -0.05) is 13.2 Å². The zero-order chi connectivity index (χ0) is 13.7.